The van der Waals surface area contributed by atoms with Crippen LogP contribution in [0.15, 0.2) is 35.1 Å². The van der Waals surface area contributed by atoms with E-state index in [0.29, 0.717) is 24.4 Å². The Morgan fingerprint density at radius 2 is 2.11 bits per heavy atom. The Morgan fingerprint density at radius 1 is 1.42 bits per heavy atom. The Morgan fingerprint density at radius 3 is 2.79 bits per heavy atom. The first-order chi connectivity index (χ1) is 9.09. The molecule has 0 N–H and O–H groups in total. The van der Waals surface area contributed by atoms with Gasteiger partial charge >= 0.3 is 0 Å². The van der Waals surface area contributed by atoms with Crippen molar-refractivity contribution in [3.63, 3.8) is 0 Å². The molecule has 0 bridgehead atoms. The minimum absolute atomic E-state index is 0.0864. The summed E-state index contributed by atoms with van der Waals surface area (Å²) >= 11 is 5.74. The molecule has 0 unspecified atom stereocenters. The number of nitrogens with zero attached hydrogens (tertiary/aromatic N) is 3. The lowest BCUT2D eigenvalue weighted by molar-refractivity contribution is -0.139. The summed E-state index contributed by atoms with van der Waals surface area (Å²) in [5.74, 6) is -0.400. The van der Waals surface area contributed by atoms with Crippen LogP contribution in [0.2, 0.25) is 0 Å². The molecule has 5 nitrogen and oxygen atoms in total. The lowest BCUT2D eigenvalue weighted by Gasteiger charge is -2.23. The maximum absolute atomic E-state index is 12.2. The van der Waals surface area contributed by atoms with E-state index in [1.54, 1.807) is 37.5 Å². The number of amides is 2. The summed E-state index contributed by atoms with van der Waals surface area (Å²) in [4.78, 5) is 33.1. The molecule has 0 atom stereocenters. The second-order valence-corrected chi connectivity index (χ2v) is 4.44. The minimum Gasteiger partial charge on any atom is -0.274 e. The molecule has 0 fully saturated rings. The summed E-state index contributed by atoms with van der Waals surface area (Å²) in [5, 5.41) is 0.0864. The van der Waals surface area contributed by atoms with Gasteiger partial charge in [-0.05, 0) is 25.5 Å². The quantitative estimate of drug-likeness (QED) is 0.773. The fraction of sp³-hybridized carbons (Fsp3) is 0.231. The maximum Gasteiger partial charge on any atom is 0.271 e. The van der Waals surface area contributed by atoms with Gasteiger partial charge in [-0.3, -0.25) is 14.5 Å². The Labute approximate surface area is 115 Å². The van der Waals surface area contributed by atoms with Crippen LogP contribution in [0.4, 0.5) is 0 Å². The first-order valence-electron chi connectivity index (χ1n) is 5.77. The molecule has 2 amide bonds. The highest BCUT2D eigenvalue weighted by Crippen LogP contribution is 2.17. The number of carbonyl (C=O) groups excluding carboxylic acids is 2. The predicted molar refractivity (Wildman–Crippen MR) is 71.0 cm³/mol. The third-order valence-corrected chi connectivity index (χ3v) is 2.96. The molecular weight excluding hydrogens is 266 g/mol. The zero-order valence-electron chi connectivity index (χ0n) is 10.3. The van der Waals surface area contributed by atoms with E-state index in [-0.39, 0.29) is 10.9 Å². The van der Waals surface area contributed by atoms with E-state index in [9.17, 15) is 9.59 Å². The van der Waals surface area contributed by atoms with Crippen LogP contribution in [-0.2, 0) is 9.59 Å². The molecule has 2 heterocycles. The van der Waals surface area contributed by atoms with Crippen LogP contribution in [0.25, 0.3) is 6.08 Å². The number of imide groups is 1. The third-order valence-electron chi connectivity index (χ3n) is 2.64. The Kier molecular flexibility index (Phi) is 4.06. The van der Waals surface area contributed by atoms with Crippen LogP contribution in [0, 0.1) is 0 Å². The summed E-state index contributed by atoms with van der Waals surface area (Å²) in [7, 11) is 0. The van der Waals surface area contributed by atoms with Gasteiger partial charge in [0.1, 0.15) is 5.03 Å². The number of hydrogen-bond acceptors (Lipinski definition) is 4. The van der Waals surface area contributed by atoms with Gasteiger partial charge in [0.15, 0.2) is 5.82 Å². The molecule has 98 valence electrons. The maximum atomic E-state index is 12.2. The van der Waals surface area contributed by atoms with Gasteiger partial charge in [-0.1, -0.05) is 17.7 Å². The predicted octanol–water partition coefficient (Wildman–Crippen LogP) is 1.76. The number of carbonyl (C=O) groups is 2. The van der Waals surface area contributed by atoms with Crippen LogP contribution in [0.5, 0.6) is 0 Å². The highest BCUT2D eigenvalue weighted by Gasteiger charge is 2.27. The molecule has 0 saturated heterocycles. The number of rotatable bonds is 2. The van der Waals surface area contributed by atoms with Gasteiger partial charge in [-0.25, -0.2) is 9.97 Å². The fourth-order valence-electron chi connectivity index (χ4n) is 1.69. The summed E-state index contributed by atoms with van der Waals surface area (Å²) < 4.78 is 0. The number of hydrogen-bond donors (Lipinski definition) is 0. The topological polar surface area (TPSA) is 63.2 Å². The van der Waals surface area contributed by atoms with Gasteiger partial charge in [-0.15, -0.1) is 0 Å². The van der Waals surface area contributed by atoms with Crippen molar-refractivity contribution in [2.24, 2.45) is 0 Å². The van der Waals surface area contributed by atoms with E-state index < -0.39 is 5.91 Å². The Balaban J connectivity index is 2.18. The second-order valence-electron chi connectivity index (χ2n) is 4.04. The summed E-state index contributed by atoms with van der Waals surface area (Å²) in [6.45, 7) is 1.97. The van der Waals surface area contributed by atoms with Crippen molar-refractivity contribution in [2.45, 2.75) is 13.3 Å². The highest BCUT2D eigenvalue weighted by molar-refractivity contribution is 6.43. The second kappa shape index (κ2) is 5.75. The van der Waals surface area contributed by atoms with E-state index in [2.05, 4.69) is 9.97 Å². The Bertz CT molecular complexity index is 567. The smallest absolute Gasteiger partial charge is 0.271 e. The fourth-order valence-corrected chi connectivity index (χ4v) is 1.90. The lowest BCUT2D eigenvalue weighted by Crippen LogP contribution is -2.40. The number of halogens is 1. The van der Waals surface area contributed by atoms with Gasteiger partial charge in [0.2, 0.25) is 0 Å². The zero-order valence-corrected chi connectivity index (χ0v) is 11.1. The van der Waals surface area contributed by atoms with Crippen molar-refractivity contribution in [3.05, 3.63) is 41.0 Å². The molecule has 0 spiro atoms. The molecule has 1 aliphatic heterocycles. The monoisotopic (exact) mass is 277 g/mol. The van der Waals surface area contributed by atoms with E-state index >= 15 is 0 Å². The van der Waals surface area contributed by atoms with E-state index in [1.165, 1.54) is 0 Å². The molecule has 6 heteroatoms. The molecule has 19 heavy (non-hydrogen) atoms. The third kappa shape index (κ3) is 3.06. The first kappa shape index (κ1) is 13.4. The first-order valence-corrected chi connectivity index (χ1v) is 6.14. The molecule has 0 radical (unpaired) electrons. The van der Waals surface area contributed by atoms with Gasteiger partial charge in [0, 0.05) is 24.5 Å². The average Bonchev–Trinajstić information content (AvgIpc) is 2.42. The van der Waals surface area contributed by atoms with Gasteiger partial charge in [-0.2, -0.15) is 0 Å². The van der Waals surface area contributed by atoms with Crippen molar-refractivity contribution in [1.82, 2.24) is 14.9 Å². The molecule has 0 saturated carbocycles. The largest absolute Gasteiger partial charge is 0.274 e. The summed E-state index contributed by atoms with van der Waals surface area (Å²) in [6, 6.07) is 1.69. The molecule has 1 aromatic heterocycles. The van der Waals surface area contributed by atoms with Crippen LogP contribution < -0.4 is 0 Å². The molecular formula is C13H12ClN3O2. The normalized spacial score (nSPS) is 16.3. The molecule has 0 aromatic carbocycles. The van der Waals surface area contributed by atoms with E-state index in [0.717, 1.165) is 4.90 Å². The van der Waals surface area contributed by atoms with Crippen molar-refractivity contribution < 1.29 is 9.59 Å². The molecule has 1 aliphatic rings. The number of aromatic nitrogens is 2. The van der Waals surface area contributed by atoms with Crippen molar-refractivity contribution in [3.8, 4) is 0 Å². The highest BCUT2D eigenvalue weighted by atomic mass is 35.5. The van der Waals surface area contributed by atoms with Crippen molar-refractivity contribution in [1.29, 1.82) is 0 Å². The minimum atomic E-state index is -0.459. The van der Waals surface area contributed by atoms with Crippen molar-refractivity contribution >= 4 is 29.5 Å². The van der Waals surface area contributed by atoms with Crippen molar-refractivity contribution in [2.75, 3.05) is 6.54 Å². The zero-order chi connectivity index (χ0) is 13.8. The SMILES string of the molecule is CC(=Cc1ncccn1)C(=O)N1CCC=C(Cl)C1=O. The van der Waals surface area contributed by atoms with E-state index in [4.69, 9.17) is 11.6 Å². The summed E-state index contributed by atoms with van der Waals surface area (Å²) in [6.07, 6.45) is 6.91. The molecule has 1 aromatic rings. The van der Waals surface area contributed by atoms with Gasteiger partial charge < -0.3 is 0 Å². The molecule has 0 aliphatic carbocycles. The van der Waals surface area contributed by atoms with Crippen LogP contribution in [0.1, 0.15) is 19.2 Å². The Hall–Kier alpha value is -2.01. The molecule has 2 rings (SSSR count). The van der Waals surface area contributed by atoms with Gasteiger partial charge in [0.05, 0.1) is 0 Å². The standard InChI is InChI=1S/C13H12ClN3O2/c1-9(8-11-15-5-3-6-16-11)12(18)17-7-2-4-10(14)13(17)19/h3-6,8H,2,7H2,1H3. The van der Waals surface area contributed by atoms with Crippen LogP contribution in [0.3, 0.4) is 0 Å². The van der Waals surface area contributed by atoms with E-state index in [1.807, 2.05) is 0 Å². The van der Waals surface area contributed by atoms with Crippen LogP contribution in [-0.4, -0.2) is 33.2 Å². The summed E-state index contributed by atoms with van der Waals surface area (Å²) in [5.41, 5.74) is 0.394. The van der Waals surface area contributed by atoms with Gasteiger partial charge in [0.25, 0.3) is 11.8 Å². The lowest BCUT2D eigenvalue weighted by atomic mass is 10.2. The van der Waals surface area contributed by atoms with Crippen LogP contribution >= 0.6 is 11.6 Å². The average molecular weight is 278 g/mol.